The van der Waals surface area contributed by atoms with Crippen molar-refractivity contribution in [2.24, 2.45) is 0 Å². The molecule has 1 saturated heterocycles. The SMILES string of the molecule is CON(C1CCCC1)[C@@H]1CNC[C@H]1O. The van der Waals surface area contributed by atoms with E-state index in [0.29, 0.717) is 12.6 Å². The number of β-amino-alcohol motifs (C(OH)–C–C–N with tert-alkyl or cyclic N) is 1. The second-order valence-corrected chi connectivity index (χ2v) is 4.27. The molecule has 0 aromatic heterocycles. The Balaban J connectivity index is 1.96. The summed E-state index contributed by atoms with van der Waals surface area (Å²) in [6.45, 7) is 1.53. The Kier molecular flexibility index (Phi) is 3.38. The van der Waals surface area contributed by atoms with Gasteiger partial charge in [0.2, 0.25) is 0 Å². The second kappa shape index (κ2) is 4.57. The van der Waals surface area contributed by atoms with Gasteiger partial charge >= 0.3 is 0 Å². The molecular weight excluding hydrogens is 180 g/mol. The highest BCUT2D eigenvalue weighted by Gasteiger charge is 2.36. The minimum atomic E-state index is -0.282. The Hall–Kier alpha value is -0.160. The predicted molar refractivity (Wildman–Crippen MR) is 53.8 cm³/mol. The molecule has 2 rings (SSSR count). The van der Waals surface area contributed by atoms with Crippen LogP contribution in [-0.4, -0.2) is 48.6 Å². The van der Waals surface area contributed by atoms with Crippen LogP contribution in [0.2, 0.25) is 0 Å². The lowest BCUT2D eigenvalue weighted by Gasteiger charge is -2.32. The van der Waals surface area contributed by atoms with E-state index in [4.69, 9.17) is 4.84 Å². The fourth-order valence-electron chi connectivity index (χ4n) is 2.62. The Labute approximate surface area is 85.2 Å². The molecule has 0 amide bonds. The van der Waals surface area contributed by atoms with Crippen LogP contribution in [0.3, 0.4) is 0 Å². The van der Waals surface area contributed by atoms with E-state index < -0.39 is 0 Å². The molecule has 2 N–H and O–H groups in total. The van der Waals surface area contributed by atoms with Gasteiger partial charge in [0.15, 0.2) is 0 Å². The summed E-state index contributed by atoms with van der Waals surface area (Å²) in [7, 11) is 1.71. The van der Waals surface area contributed by atoms with Gasteiger partial charge in [0.1, 0.15) is 0 Å². The lowest BCUT2D eigenvalue weighted by atomic mass is 10.1. The molecule has 1 heterocycles. The van der Waals surface area contributed by atoms with E-state index in [1.165, 1.54) is 25.7 Å². The minimum absolute atomic E-state index is 0.142. The van der Waals surface area contributed by atoms with Gasteiger partial charge in [-0.2, -0.15) is 5.06 Å². The number of hydroxylamine groups is 2. The molecule has 14 heavy (non-hydrogen) atoms. The van der Waals surface area contributed by atoms with E-state index in [2.05, 4.69) is 5.32 Å². The number of hydrogen-bond donors (Lipinski definition) is 2. The smallest absolute Gasteiger partial charge is 0.0855 e. The van der Waals surface area contributed by atoms with E-state index in [-0.39, 0.29) is 12.1 Å². The molecule has 1 aliphatic heterocycles. The van der Waals surface area contributed by atoms with Crippen molar-refractivity contribution in [3.8, 4) is 0 Å². The lowest BCUT2D eigenvalue weighted by molar-refractivity contribution is -0.199. The lowest BCUT2D eigenvalue weighted by Crippen LogP contribution is -2.47. The average Bonchev–Trinajstić information content (AvgIpc) is 2.80. The zero-order chi connectivity index (χ0) is 9.97. The molecule has 2 aliphatic rings. The van der Waals surface area contributed by atoms with Crippen LogP contribution in [0.4, 0.5) is 0 Å². The first-order chi connectivity index (χ1) is 6.83. The van der Waals surface area contributed by atoms with Crippen molar-refractivity contribution in [2.45, 2.75) is 43.9 Å². The third kappa shape index (κ3) is 1.93. The molecule has 0 aromatic rings. The molecule has 1 aliphatic carbocycles. The fraction of sp³-hybridized carbons (Fsp3) is 1.00. The van der Waals surface area contributed by atoms with Crippen LogP contribution in [0.1, 0.15) is 25.7 Å². The van der Waals surface area contributed by atoms with Gasteiger partial charge in [0.05, 0.1) is 19.3 Å². The maximum atomic E-state index is 9.77. The van der Waals surface area contributed by atoms with Gasteiger partial charge in [-0.3, -0.25) is 0 Å². The Morgan fingerprint density at radius 2 is 2.00 bits per heavy atom. The first-order valence-corrected chi connectivity index (χ1v) is 5.54. The number of nitrogens with zero attached hydrogens (tertiary/aromatic N) is 1. The van der Waals surface area contributed by atoms with Crippen LogP contribution in [0, 0.1) is 0 Å². The minimum Gasteiger partial charge on any atom is -0.390 e. The number of hydrogen-bond acceptors (Lipinski definition) is 4. The molecule has 0 aromatic carbocycles. The average molecular weight is 200 g/mol. The largest absolute Gasteiger partial charge is 0.390 e. The van der Waals surface area contributed by atoms with Crippen molar-refractivity contribution in [1.82, 2.24) is 10.4 Å². The number of nitrogens with one attached hydrogen (secondary N) is 1. The van der Waals surface area contributed by atoms with E-state index in [1.807, 2.05) is 5.06 Å². The van der Waals surface area contributed by atoms with Crippen LogP contribution in [0.15, 0.2) is 0 Å². The third-order valence-electron chi connectivity index (χ3n) is 3.37. The van der Waals surface area contributed by atoms with Crippen molar-refractivity contribution in [3.05, 3.63) is 0 Å². The quantitative estimate of drug-likeness (QED) is 0.635. The molecule has 0 spiro atoms. The van der Waals surface area contributed by atoms with Gasteiger partial charge in [-0.15, -0.1) is 0 Å². The van der Waals surface area contributed by atoms with Gasteiger partial charge in [-0.05, 0) is 12.8 Å². The maximum Gasteiger partial charge on any atom is 0.0855 e. The molecule has 0 radical (unpaired) electrons. The van der Waals surface area contributed by atoms with Gasteiger partial charge in [-0.1, -0.05) is 12.8 Å². The summed E-state index contributed by atoms with van der Waals surface area (Å²) < 4.78 is 0. The van der Waals surface area contributed by atoms with E-state index in [9.17, 15) is 5.11 Å². The highest BCUT2D eigenvalue weighted by atomic mass is 16.7. The van der Waals surface area contributed by atoms with Crippen LogP contribution in [0.25, 0.3) is 0 Å². The monoisotopic (exact) mass is 200 g/mol. The predicted octanol–water partition coefficient (Wildman–Crippen LogP) is 0.125. The molecule has 4 nitrogen and oxygen atoms in total. The van der Waals surface area contributed by atoms with Gasteiger partial charge in [0.25, 0.3) is 0 Å². The molecule has 0 bridgehead atoms. The van der Waals surface area contributed by atoms with Crippen LogP contribution in [-0.2, 0) is 4.84 Å². The zero-order valence-electron chi connectivity index (χ0n) is 8.78. The normalized spacial score (nSPS) is 34.5. The van der Waals surface area contributed by atoms with Gasteiger partial charge in [0, 0.05) is 19.1 Å². The van der Waals surface area contributed by atoms with Gasteiger partial charge < -0.3 is 15.3 Å². The Morgan fingerprint density at radius 3 is 2.50 bits per heavy atom. The number of rotatable bonds is 3. The van der Waals surface area contributed by atoms with Crippen LogP contribution < -0.4 is 5.32 Å². The Bertz CT molecular complexity index is 183. The van der Waals surface area contributed by atoms with Crippen LogP contribution >= 0.6 is 0 Å². The topological polar surface area (TPSA) is 44.7 Å². The molecule has 0 unspecified atom stereocenters. The highest BCUT2D eigenvalue weighted by Crippen LogP contribution is 2.26. The first kappa shape index (κ1) is 10.4. The molecule has 2 atom stereocenters. The summed E-state index contributed by atoms with van der Waals surface area (Å²) in [5.41, 5.74) is 0. The summed E-state index contributed by atoms with van der Waals surface area (Å²) in [5, 5.41) is 15.0. The highest BCUT2D eigenvalue weighted by molar-refractivity contribution is 4.89. The standard InChI is InChI=1S/C10H20N2O2/c1-14-12(8-4-2-3-5-8)9-6-11-7-10(9)13/h8-11,13H,2-7H2,1H3/t9-,10-/m1/s1. The summed E-state index contributed by atoms with van der Waals surface area (Å²) in [6.07, 6.45) is 4.71. The number of aliphatic hydroxyl groups excluding tert-OH is 1. The second-order valence-electron chi connectivity index (χ2n) is 4.27. The van der Waals surface area contributed by atoms with E-state index in [0.717, 1.165) is 6.54 Å². The van der Waals surface area contributed by atoms with Crippen molar-refractivity contribution < 1.29 is 9.94 Å². The summed E-state index contributed by atoms with van der Waals surface area (Å²) in [6, 6.07) is 0.655. The van der Waals surface area contributed by atoms with Crippen molar-refractivity contribution >= 4 is 0 Å². The van der Waals surface area contributed by atoms with Crippen LogP contribution in [0.5, 0.6) is 0 Å². The summed E-state index contributed by atoms with van der Waals surface area (Å²) in [4.78, 5) is 5.42. The van der Waals surface area contributed by atoms with E-state index in [1.54, 1.807) is 7.11 Å². The molecule has 82 valence electrons. The van der Waals surface area contributed by atoms with Gasteiger partial charge in [-0.25, -0.2) is 0 Å². The summed E-state index contributed by atoms with van der Waals surface area (Å²) in [5.74, 6) is 0. The maximum absolute atomic E-state index is 9.77. The first-order valence-electron chi connectivity index (χ1n) is 5.54. The fourth-order valence-corrected chi connectivity index (χ4v) is 2.62. The molecule has 4 heteroatoms. The Morgan fingerprint density at radius 1 is 1.29 bits per heavy atom. The molecule has 1 saturated carbocycles. The summed E-state index contributed by atoms with van der Waals surface area (Å²) >= 11 is 0. The van der Waals surface area contributed by atoms with Crippen molar-refractivity contribution in [1.29, 1.82) is 0 Å². The zero-order valence-corrected chi connectivity index (χ0v) is 8.78. The van der Waals surface area contributed by atoms with Crippen molar-refractivity contribution in [3.63, 3.8) is 0 Å². The molecular formula is C10H20N2O2. The molecule has 2 fully saturated rings. The third-order valence-corrected chi connectivity index (χ3v) is 3.37. The van der Waals surface area contributed by atoms with E-state index >= 15 is 0 Å². The van der Waals surface area contributed by atoms with Crippen molar-refractivity contribution in [2.75, 3.05) is 20.2 Å². The number of aliphatic hydroxyl groups is 1.